The third kappa shape index (κ3) is 4.75. The van der Waals surface area contributed by atoms with E-state index >= 15 is 0 Å². The van der Waals surface area contributed by atoms with Crippen LogP contribution in [0.5, 0.6) is 0 Å². The molecule has 0 unspecified atom stereocenters. The van der Waals surface area contributed by atoms with Gasteiger partial charge in [0.15, 0.2) is 0 Å². The number of hydrogen-bond donors (Lipinski definition) is 1. The highest BCUT2D eigenvalue weighted by Gasteiger charge is 2.24. The molecule has 9 heteroatoms. The Labute approximate surface area is 219 Å². The SMILES string of the molecule is CCOC(=O)c1c(-c2ccc(F)cc2)csc1NC(=O)c1cc(-c2ccc(Cl)s2)nc2ccccc12. The molecule has 0 atom stereocenters. The summed E-state index contributed by atoms with van der Waals surface area (Å²) < 4.78 is 19.4. The molecular formula is C27H18ClFN2O3S2. The van der Waals surface area contributed by atoms with Crippen molar-refractivity contribution in [3.05, 3.63) is 93.4 Å². The Balaban J connectivity index is 1.57. The number of ether oxygens (including phenoxy) is 1. The van der Waals surface area contributed by atoms with Crippen molar-refractivity contribution in [2.75, 3.05) is 11.9 Å². The maximum absolute atomic E-state index is 13.6. The number of hydrogen-bond acceptors (Lipinski definition) is 6. The van der Waals surface area contributed by atoms with Crippen LogP contribution in [0.25, 0.3) is 32.6 Å². The minimum atomic E-state index is -0.568. The lowest BCUT2D eigenvalue weighted by Gasteiger charge is -2.11. The molecule has 0 fully saturated rings. The number of thiophene rings is 2. The molecule has 5 rings (SSSR count). The summed E-state index contributed by atoms with van der Waals surface area (Å²) in [5, 5.41) is 5.67. The van der Waals surface area contributed by atoms with E-state index in [4.69, 9.17) is 21.3 Å². The van der Waals surface area contributed by atoms with Crippen LogP contribution in [0.1, 0.15) is 27.6 Å². The number of halogens is 2. The van der Waals surface area contributed by atoms with Crippen LogP contribution in [0.15, 0.2) is 72.1 Å². The first-order valence-electron chi connectivity index (χ1n) is 11.0. The van der Waals surface area contributed by atoms with Gasteiger partial charge in [0.05, 0.1) is 32.6 Å². The average molecular weight is 537 g/mol. The lowest BCUT2D eigenvalue weighted by molar-refractivity contribution is 0.0529. The van der Waals surface area contributed by atoms with Gasteiger partial charge >= 0.3 is 5.97 Å². The molecule has 0 spiro atoms. The number of benzene rings is 2. The molecule has 5 aromatic rings. The van der Waals surface area contributed by atoms with E-state index in [1.807, 2.05) is 30.3 Å². The maximum Gasteiger partial charge on any atom is 0.341 e. The quantitative estimate of drug-likeness (QED) is 0.224. The van der Waals surface area contributed by atoms with Gasteiger partial charge in [-0.25, -0.2) is 14.2 Å². The van der Waals surface area contributed by atoms with Crippen molar-refractivity contribution in [2.24, 2.45) is 0 Å². The van der Waals surface area contributed by atoms with Gasteiger partial charge in [0.1, 0.15) is 16.4 Å². The van der Waals surface area contributed by atoms with Crippen LogP contribution in [0.4, 0.5) is 9.39 Å². The third-order valence-corrected chi connectivity index (χ3v) is 7.59. The molecule has 0 aliphatic carbocycles. The molecule has 36 heavy (non-hydrogen) atoms. The number of nitrogens with one attached hydrogen (secondary N) is 1. The highest BCUT2D eigenvalue weighted by molar-refractivity contribution is 7.19. The second-order valence-electron chi connectivity index (χ2n) is 7.71. The number of anilines is 1. The molecule has 0 saturated carbocycles. The third-order valence-electron chi connectivity index (χ3n) is 5.44. The Bertz CT molecular complexity index is 1590. The average Bonchev–Trinajstić information content (AvgIpc) is 3.50. The Morgan fingerprint density at radius 1 is 1.08 bits per heavy atom. The van der Waals surface area contributed by atoms with Gasteiger partial charge in [0.25, 0.3) is 5.91 Å². The first-order valence-corrected chi connectivity index (χ1v) is 13.0. The Morgan fingerprint density at radius 2 is 1.86 bits per heavy atom. The fraction of sp³-hybridized carbons (Fsp3) is 0.0741. The number of fused-ring (bicyclic) bond motifs is 1. The van der Waals surface area contributed by atoms with Crippen molar-refractivity contribution in [3.8, 4) is 21.7 Å². The smallest absolute Gasteiger partial charge is 0.341 e. The number of rotatable bonds is 6. The molecule has 2 aromatic carbocycles. The number of pyridine rings is 1. The molecule has 5 nitrogen and oxygen atoms in total. The highest BCUT2D eigenvalue weighted by atomic mass is 35.5. The Morgan fingerprint density at radius 3 is 2.58 bits per heavy atom. The lowest BCUT2D eigenvalue weighted by atomic mass is 10.0. The van der Waals surface area contributed by atoms with E-state index in [0.29, 0.717) is 42.6 Å². The van der Waals surface area contributed by atoms with Crippen molar-refractivity contribution in [3.63, 3.8) is 0 Å². The molecule has 180 valence electrons. The number of nitrogens with zero attached hydrogens (tertiary/aromatic N) is 1. The predicted molar refractivity (Wildman–Crippen MR) is 144 cm³/mol. The van der Waals surface area contributed by atoms with Crippen molar-refractivity contribution in [2.45, 2.75) is 6.92 Å². The zero-order valence-electron chi connectivity index (χ0n) is 18.9. The number of amides is 1. The van der Waals surface area contributed by atoms with Crippen molar-refractivity contribution < 1.29 is 18.7 Å². The monoisotopic (exact) mass is 536 g/mol. The van der Waals surface area contributed by atoms with Crippen molar-refractivity contribution in [1.29, 1.82) is 0 Å². The fourth-order valence-corrected chi connectivity index (χ4v) is 5.77. The van der Waals surface area contributed by atoms with Gasteiger partial charge in [-0.1, -0.05) is 41.9 Å². The summed E-state index contributed by atoms with van der Waals surface area (Å²) in [6.45, 7) is 1.88. The second-order valence-corrected chi connectivity index (χ2v) is 10.3. The Kier molecular flexibility index (Phi) is 6.82. The first-order chi connectivity index (χ1) is 17.4. The summed E-state index contributed by atoms with van der Waals surface area (Å²) in [5.74, 6) is -1.34. The zero-order chi connectivity index (χ0) is 25.2. The van der Waals surface area contributed by atoms with Gasteiger partial charge in [-0.15, -0.1) is 22.7 Å². The van der Waals surface area contributed by atoms with Crippen LogP contribution >= 0.6 is 34.3 Å². The molecule has 3 aromatic heterocycles. The van der Waals surface area contributed by atoms with E-state index in [0.717, 1.165) is 4.88 Å². The van der Waals surface area contributed by atoms with E-state index < -0.39 is 11.9 Å². The maximum atomic E-state index is 13.6. The van der Waals surface area contributed by atoms with E-state index in [1.54, 1.807) is 36.6 Å². The largest absolute Gasteiger partial charge is 0.462 e. The highest BCUT2D eigenvalue weighted by Crippen LogP contribution is 2.37. The van der Waals surface area contributed by atoms with Crippen LogP contribution in [0, 0.1) is 5.82 Å². The first kappa shape index (κ1) is 24.1. The molecule has 1 amide bonds. The van der Waals surface area contributed by atoms with Gasteiger partial charge in [0, 0.05) is 16.3 Å². The van der Waals surface area contributed by atoms with E-state index in [-0.39, 0.29) is 18.0 Å². The summed E-state index contributed by atoms with van der Waals surface area (Å²) in [6, 6.07) is 18.5. The van der Waals surface area contributed by atoms with Crippen molar-refractivity contribution >= 4 is 62.1 Å². The molecule has 1 N–H and O–H groups in total. The Hall–Kier alpha value is -3.59. The van der Waals surface area contributed by atoms with Crippen LogP contribution in [0.2, 0.25) is 4.34 Å². The summed E-state index contributed by atoms with van der Waals surface area (Å²) in [5.41, 5.74) is 3.12. The number of aromatic nitrogens is 1. The topological polar surface area (TPSA) is 68.3 Å². The number of carbonyl (C=O) groups is 2. The van der Waals surface area contributed by atoms with E-state index in [1.165, 1.54) is 34.8 Å². The summed E-state index contributed by atoms with van der Waals surface area (Å²) in [7, 11) is 0. The summed E-state index contributed by atoms with van der Waals surface area (Å²) >= 11 is 8.70. The van der Waals surface area contributed by atoms with Gasteiger partial charge in [0.2, 0.25) is 0 Å². The normalized spacial score (nSPS) is 11.0. The summed E-state index contributed by atoms with van der Waals surface area (Å²) in [6.07, 6.45) is 0. The molecule has 0 radical (unpaired) electrons. The van der Waals surface area contributed by atoms with E-state index in [9.17, 15) is 14.0 Å². The number of para-hydroxylation sites is 1. The number of carbonyl (C=O) groups excluding carboxylic acids is 2. The van der Waals surface area contributed by atoms with Gasteiger partial charge in [-0.05, 0) is 48.9 Å². The van der Waals surface area contributed by atoms with E-state index in [2.05, 4.69) is 5.32 Å². The van der Waals surface area contributed by atoms with Gasteiger partial charge in [-0.3, -0.25) is 4.79 Å². The standard InChI is InChI=1S/C27H18ClFN2O3S2/c1-2-34-27(33)24-19(15-7-9-16(29)10-8-15)14-35-26(24)31-25(32)18-13-21(22-11-12-23(28)36-22)30-20-6-4-3-5-17(18)20/h3-14H,2H2,1H3,(H,31,32). The minimum absolute atomic E-state index is 0.173. The van der Waals surface area contributed by atoms with Gasteiger partial charge < -0.3 is 10.1 Å². The molecular weight excluding hydrogens is 519 g/mol. The predicted octanol–water partition coefficient (Wildman–Crippen LogP) is 7.91. The van der Waals surface area contributed by atoms with Crippen LogP contribution in [-0.4, -0.2) is 23.5 Å². The second kappa shape index (κ2) is 10.2. The molecule has 0 aliphatic heterocycles. The fourth-order valence-electron chi connectivity index (χ4n) is 3.81. The minimum Gasteiger partial charge on any atom is -0.462 e. The summed E-state index contributed by atoms with van der Waals surface area (Å²) in [4.78, 5) is 32.0. The molecule has 0 saturated heterocycles. The lowest BCUT2D eigenvalue weighted by Crippen LogP contribution is -2.15. The van der Waals surface area contributed by atoms with Crippen molar-refractivity contribution in [1.82, 2.24) is 4.98 Å². The van der Waals surface area contributed by atoms with Crippen LogP contribution in [-0.2, 0) is 4.74 Å². The molecule has 3 heterocycles. The van der Waals surface area contributed by atoms with Crippen LogP contribution < -0.4 is 5.32 Å². The molecule has 0 bridgehead atoms. The molecule has 0 aliphatic rings. The van der Waals surface area contributed by atoms with Gasteiger partial charge in [-0.2, -0.15) is 0 Å². The zero-order valence-corrected chi connectivity index (χ0v) is 21.3. The number of esters is 1. The van der Waals surface area contributed by atoms with Crippen LogP contribution in [0.3, 0.4) is 0 Å².